The molecule has 0 saturated heterocycles. The van der Waals surface area contributed by atoms with E-state index in [0.717, 1.165) is 5.56 Å². The van der Waals surface area contributed by atoms with Gasteiger partial charge in [0.2, 0.25) is 0 Å². The SMILES string of the molecule is COc1ccc2c(c1)OC(C)(C)CC2NC(=O)c1cccc([N+](=O)[O-])c1. The highest BCUT2D eigenvalue weighted by molar-refractivity contribution is 5.95. The van der Waals surface area contributed by atoms with Gasteiger partial charge in [-0.15, -0.1) is 0 Å². The minimum Gasteiger partial charge on any atom is -0.497 e. The van der Waals surface area contributed by atoms with Crippen molar-refractivity contribution >= 4 is 11.6 Å². The van der Waals surface area contributed by atoms with Crippen LogP contribution in [0.1, 0.15) is 42.2 Å². The monoisotopic (exact) mass is 356 g/mol. The molecule has 1 heterocycles. The molecule has 7 nitrogen and oxygen atoms in total. The number of methoxy groups -OCH3 is 1. The minimum atomic E-state index is -0.518. The molecule has 0 spiro atoms. The van der Waals surface area contributed by atoms with Crippen molar-refractivity contribution in [3.05, 3.63) is 63.7 Å². The Bertz CT molecular complexity index is 863. The van der Waals surface area contributed by atoms with Crippen LogP contribution >= 0.6 is 0 Å². The zero-order chi connectivity index (χ0) is 18.9. The molecule has 3 rings (SSSR count). The van der Waals surface area contributed by atoms with Gasteiger partial charge in [-0.25, -0.2) is 0 Å². The van der Waals surface area contributed by atoms with E-state index < -0.39 is 10.5 Å². The maximum absolute atomic E-state index is 12.6. The summed E-state index contributed by atoms with van der Waals surface area (Å²) in [5.41, 5.74) is 0.512. The van der Waals surface area contributed by atoms with Crippen molar-refractivity contribution in [2.24, 2.45) is 0 Å². The standard InChI is InChI=1S/C19H20N2O5/c1-19(2)11-16(15-8-7-14(25-3)10-17(15)26-19)20-18(22)12-5-4-6-13(9-12)21(23)24/h4-10,16H,11H2,1-3H3,(H,20,22). The average Bonchev–Trinajstić information content (AvgIpc) is 2.60. The Morgan fingerprint density at radius 1 is 1.31 bits per heavy atom. The summed E-state index contributed by atoms with van der Waals surface area (Å²) < 4.78 is 11.2. The molecule has 1 aliphatic heterocycles. The van der Waals surface area contributed by atoms with Crippen LogP contribution in [0.5, 0.6) is 11.5 Å². The summed E-state index contributed by atoms with van der Waals surface area (Å²) in [6, 6.07) is 10.9. The van der Waals surface area contributed by atoms with Gasteiger partial charge in [-0.1, -0.05) is 6.07 Å². The molecule has 2 aromatic rings. The first-order valence-electron chi connectivity index (χ1n) is 8.21. The molecule has 0 radical (unpaired) electrons. The summed E-state index contributed by atoms with van der Waals surface area (Å²) in [7, 11) is 1.58. The zero-order valence-electron chi connectivity index (χ0n) is 14.8. The molecule has 0 bridgehead atoms. The van der Waals surface area contributed by atoms with Gasteiger partial charge < -0.3 is 14.8 Å². The third-order valence-electron chi connectivity index (χ3n) is 4.30. The average molecular weight is 356 g/mol. The van der Waals surface area contributed by atoms with Crippen LogP contribution < -0.4 is 14.8 Å². The van der Waals surface area contributed by atoms with Gasteiger partial charge in [-0.05, 0) is 32.0 Å². The summed E-state index contributed by atoms with van der Waals surface area (Å²) in [6.45, 7) is 3.89. The fourth-order valence-electron chi connectivity index (χ4n) is 3.09. The summed E-state index contributed by atoms with van der Waals surface area (Å²) in [5.74, 6) is 0.966. The van der Waals surface area contributed by atoms with Crippen LogP contribution in [0.15, 0.2) is 42.5 Å². The number of rotatable bonds is 4. The third-order valence-corrected chi connectivity index (χ3v) is 4.30. The van der Waals surface area contributed by atoms with Crippen LogP contribution in [0.2, 0.25) is 0 Å². The Morgan fingerprint density at radius 3 is 2.77 bits per heavy atom. The summed E-state index contributed by atoms with van der Waals surface area (Å²) >= 11 is 0. The van der Waals surface area contributed by atoms with Crippen LogP contribution in [0, 0.1) is 10.1 Å². The highest BCUT2D eigenvalue weighted by Gasteiger charge is 2.35. The number of amides is 1. The van der Waals surface area contributed by atoms with Crippen LogP contribution in [0.25, 0.3) is 0 Å². The minimum absolute atomic E-state index is 0.116. The molecule has 0 fully saturated rings. The molecule has 0 aromatic heterocycles. The molecule has 26 heavy (non-hydrogen) atoms. The van der Waals surface area contributed by atoms with Gasteiger partial charge in [0.25, 0.3) is 11.6 Å². The molecular formula is C19H20N2O5. The number of nitrogens with one attached hydrogen (secondary N) is 1. The van der Waals surface area contributed by atoms with E-state index >= 15 is 0 Å². The van der Waals surface area contributed by atoms with Crippen molar-refractivity contribution < 1.29 is 19.2 Å². The maximum atomic E-state index is 12.6. The van der Waals surface area contributed by atoms with E-state index in [0.29, 0.717) is 17.9 Å². The Labute approximate surface area is 151 Å². The number of hydrogen-bond acceptors (Lipinski definition) is 5. The molecule has 2 aromatic carbocycles. The van der Waals surface area contributed by atoms with Gasteiger partial charge in [0, 0.05) is 35.7 Å². The first-order valence-corrected chi connectivity index (χ1v) is 8.21. The van der Waals surface area contributed by atoms with Crippen LogP contribution in [0.4, 0.5) is 5.69 Å². The van der Waals surface area contributed by atoms with Gasteiger partial charge in [0.05, 0.1) is 18.1 Å². The van der Waals surface area contributed by atoms with Crippen molar-refractivity contribution in [1.82, 2.24) is 5.32 Å². The number of carbonyl (C=O) groups is 1. The highest BCUT2D eigenvalue weighted by Crippen LogP contribution is 2.41. The van der Waals surface area contributed by atoms with Gasteiger partial charge >= 0.3 is 0 Å². The Balaban J connectivity index is 1.89. The second-order valence-electron chi connectivity index (χ2n) is 6.80. The number of fused-ring (bicyclic) bond motifs is 1. The highest BCUT2D eigenvalue weighted by atomic mass is 16.6. The second kappa shape index (κ2) is 6.67. The lowest BCUT2D eigenvalue weighted by Crippen LogP contribution is -2.41. The van der Waals surface area contributed by atoms with Crippen molar-refractivity contribution in [3.8, 4) is 11.5 Å². The maximum Gasteiger partial charge on any atom is 0.270 e. The largest absolute Gasteiger partial charge is 0.497 e. The number of nitro groups is 1. The van der Waals surface area contributed by atoms with E-state index in [2.05, 4.69) is 5.32 Å². The molecular weight excluding hydrogens is 336 g/mol. The first-order chi connectivity index (χ1) is 12.3. The Hall–Kier alpha value is -3.09. The zero-order valence-corrected chi connectivity index (χ0v) is 14.8. The number of hydrogen-bond donors (Lipinski definition) is 1. The van der Waals surface area contributed by atoms with Crippen molar-refractivity contribution in [3.63, 3.8) is 0 Å². The normalized spacial score (nSPS) is 17.6. The van der Waals surface area contributed by atoms with E-state index in [9.17, 15) is 14.9 Å². The van der Waals surface area contributed by atoms with Crippen molar-refractivity contribution in [2.75, 3.05) is 7.11 Å². The second-order valence-corrected chi connectivity index (χ2v) is 6.80. The Morgan fingerprint density at radius 2 is 2.08 bits per heavy atom. The van der Waals surface area contributed by atoms with E-state index in [1.807, 2.05) is 26.0 Å². The quantitative estimate of drug-likeness (QED) is 0.667. The van der Waals surface area contributed by atoms with Gasteiger partial charge in [-0.3, -0.25) is 14.9 Å². The lowest BCUT2D eigenvalue weighted by molar-refractivity contribution is -0.384. The topological polar surface area (TPSA) is 90.7 Å². The van der Waals surface area contributed by atoms with E-state index in [1.54, 1.807) is 19.2 Å². The molecule has 1 atom stereocenters. The number of nitrogens with zero attached hydrogens (tertiary/aromatic N) is 1. The van der Waals surface area contributed by atoms with Crippen molar-refractivity contribution in [1.29, 1.82) is 0 Å². The predicted octanol–water partition coefficient (Wildman–Crippen LogP) is 3.64. The smallest absolute Gasteiger partial charge is 0.270 e. The number of carbonyl (C=O) groups excluding carboxylic acids is 1. The molecule has 1 amide bonds. The number of benzene rings is 2. The van der Waals surface area contributed by atoms with Gasteiger partial charge in [0.1, 0.15) is 17.1 Å². The van der Waals surface area contributed by atoms with Crippen LogP contribution in [0.3, 0.4) is 0 Å². The lowest BCUT2D eigenvalue weighted by atomic mass is 9.89. The fourth-order valence-corrected chi connectivity index (χ4v) is 3.09. The van der Waals surface area contributed by atoms with Crippen LogP contribution in [-0.4, -0.2) is 23.5 Å². The molecule has 0 aliphatic carbocycles. The molecule has 1 aliphatic rings. The number of non-ortho nitro benzene ring substituents is 1. The number of ether oxygens (including phenoxy) is 2. The molecule has 0 saturated carbocycles. The molecule has 1 unspecified atom stereocenters. The molecule has 7 heteroatoms. The van der Waals surface area contributed by atoms with Gasteiger partial charge in [0.15, 0.2) is 0 Å². The first kappa shape index (κ1) is 17.7. The summed E-state index contributed by atoms with van der Waals surface area (Å²) in [6.07, 6.45) is 0.576. The third kappa shape index (κ3) is 3.61. The lowest BCUT2D eigenvalue weighted by Gasteiger charge is -2.38. The summed E-state index contributed by atoms with van der Waals surface area (Å²) in [5, 5.41) is 13.9. The van der Waals surface area contributed by atoms with E-state index in [4.69, 9.17) is 9.47 Å². The van der Waals surface area contributed by atoms with Crippen LogP contribution in [-0.2, 0) is 0 Å². The molecule has 136 valence electrons. The van der Waals surface area contributed by atoms with Crippen molar-refractivity contribution in [2.45, 2.75) is 31.9 Å². The van der Waals surface area contributed by atoms with E-state index in [-0.39, 0.29) is 23.2 Å². The number of nitro benzene ring substituents is 1. The molecule has 1 N–H and O–H groups in total. The fraction of sp³-hybridized carbons (Fsp3) is 0.316. The van der Waals surface area contributed by atoms with Gasteiger partial charge in [-0.2, -0.15) is 0 Å². The Kier molecular flexibility index (Phi) is 4.54. The van der Waals surface area contributed by atoms with E-state index in [1.165, 1.54) is 18.2 Å². The summed E-state index contributed by atoms with van der Waals surface area (Å²) in [4.78, 5) is 23.0. The predicted molar refractivity (Wildman–Crippen MR) is 95.6 cm³/mol.